The van der Waals surface area contributed by atoms with Crippen molar-refractivity contribution in [3.63, 3.8) is 0 Å². The molecule has 14 heteroatoms. The topological polar surface area (TPSA) is 91.6 Å². The molecule has 9 nitrogen and oxygen atoms in total. The molecule has 2 aliphatic heterocycles. The molecule has 0 unspecified atom stereocenters. The fourth-order valence-electron chi connectivity index (χ4n) is 5.38. The van der Waals surface area contributed by atoms with Crippen LogP contribution in [0.5, 0.6) is 0 Å². The number of hydrogen-bond donors (Lipinski definition) is 0. The van der Waals surface area contributed by atoms with Crippen LogP contribution < -0.4 is 0 Å². The largest absolute Gasteiger partial charge is 0.433 e. The number of amides is 3. The van der Waals surface area contributed by atoms with E-state index in [1.807, 2.05) is 6.92 Å². The number of alkyl halides is 3. The summed E-state index contributed by atoms with van der Waals surface area (Å²) in [5.41, 5.74) is 0.952. The van der Waals surface area contributed by atoms with Crippen LogP contribution in [0.4, 0.5) is 13.2 Å². The Kier molecular flexibility index (Phi) is 7.73. The van der Waals surface area contributed by atoms with E-state index < -0.39 is 29.9 Å². The van der Waals surface area contributed by atoms with Crippen molar-refractivity contribution in [1.82, 2.24) is 29.5 Å². The quantitative estimate of drug-likeness (QED) is 0.407. The van der Waals surface area contributed by atoms with Gasteiger partial charge in [0.1, 0.15) is 17.4 Å². The van der Waals surface area contributed by atoms with E-state index in [4.69, 9.17) is 23.2 Å². The molecule has 3 aromatic rings. The number of halogens is 5. The minimum atomic E-state index is -4.60. The summed E-state index contributed by atoms with van der Waals surface area (Å²) in [7, 11) is 3.18. The lowest BCUT2D eigenvalue weighted by atomic mass is 9.96. The molecule has 0 aliphatic carbocycles. The zero-order chi connectivity index (χ0) is 30.7. The molecule has 0 saturated carbocycles. The molecule has 2 aromatic heterocycles. The van der Waals surface area contributed by atoms with Crippen molar-refractivity contribution in [3.05, 3.63) is 80.3 Å². The molecule has 0 radical (unpaired) electrons. The second-order valence-corrected chi connectivity index (χ2v) is 11.5. The van der Waals surface area contributed by atoms with Gasteiger partial charge in [-0.3, -0.25) is 19.4 Å². The SMILES string of the molecule is C[C@@H]1Cc2nn3c(c2CN1C(=O)c1ccc(Cl)c(Cl)c1)C(=O)N([C@H](C)c1ccc(C(F)(F)F)nc1)C[C@H]3C(=O)N(C)C. The monoisotopic (exact) mass is 622 g/mol. The van der Waals surface area contributed by atoms with Crippen LogP contribution in [-0.4, -0.2) is 73.9 Å². The van der Waals surface area contributed by atoms with E-state index in [1.54, 1.807) is 32.0 Å². The first-order valence-corrected chi connectivity index (χ1v) is 13.9. The number of carbonyl (C=O) groups excluding carboxylic acids is 3. The lowest BCUT2D eigenvalue weighted by Crippen LogP contribution is -2.49. The van der Waals surface area contributed by atoms with Gasteiger partial charge in [0.2, 0.25) is 5.91 Å². The van der Waals surface area contributed by atoms with Crippen LogP contribution in [0, 0.1) is 0 Å². The maximum absolute atomic E-state index is 14.0. The third-order valence-corrected chi connectivity index (χ3v) is 8.49. The predicted octanol–water partition coefficient (Wildman–Crippen LogP) is 5.04. The van der Waals surface area contributed by atoms with Gasteiger partial charge in [-0.2, -0.15) is 18.3 Å². The molecule has 0 fully saturated rings. The molecule has 5 rings (SSSR count). The highest BCUT2D eigenvalue weighted by Crippen LogP contribution is 2.37. The molecule has 0 spiro atoms. The fourth-order valence-corrected chi connectivity index (χ4v) is 5.68. The highest BCUT2D eigenvalue weighted by molar-refractivity contribution is 6.42. The molecular formula is C28H27Cl2F3N6O3. The van der Waals surface area contributed by atoms with Gasteiger partial charge in [0.25, 0.3) is 11.8 Å². The highest BCUT2D eigenvalue weighted by atomic mass is 35.5. The average molecular weight is 623 g/mol. The molecule has 0 saturated heterocycles. The number of fused-ring (bicyclic) bond motifs is 3. The number of pyridine rings is 1. The fraction of sp³-hybridized carbons (Fsp3) is 0.393. The van der Waals surface area contributed by atoms with E-state index in [0.717, 1.165) is 12.3 Å². The van der Waals surface area contributed by atoms with Gasteiger partial charge in [0.15, 0.2) is 0 Å². The van der Waals surface area contributed by atoms with Crippen LogP contribution in [0.1, 0.15) is 69.3 Å². The predicted molar refractivity (Wildman–Crippen MR) is 148 cm³/mol. The van der Waals surface area contributed by atoms with Gasteiger partial charge in [-0.05, 0) is 43.7 Å². The van der Waals surface area contributed by atoms with Crippen molar-refractivity contribution in [1.29, 1.82) is 0 Å². The van der Waals surface area contributed by atoms with Crippen molar-refractivity contribution in [2.75, 3.05) is 20.6 Å². The number of hydrogen-bond acceptors (Lipinski definition) is 5. The molecule has 2 aliphatic rings. The molecule has 222 valence electrons. The first kappa shape index (κ1) is 29.8. The Morgan fingerprint density at radius 1 is 1.12 bits per heavy atom. The van der Waals surface area contributed by atoms with Gasteiger partial charge in [0.05, 0.1) is 34.9 Å². The summed E-state index contributed by atoms with van der Waals surface area (Å²) in [5.74, 6) is -1.06. The van der Waals surface area contributed by atoms with Gasteiger partial charge in [-0.15, -0.1) is 0 Å². The van der Waals surface area contributed by atoms with Crippen LogP contribution >= 0.6 is 23.2 Å². The van der Waals surface area contributed by atoms with E-state index >= 15 is 0 Å². The Hall–Kier alpha value is -3.64. The third kappa shape index (κ3) is 5.22. The molecule has 0 N–H and O–H groups in total. The van der Waals surface area contributed by atoms with Crippen LogP contribution in [0.3, 0.4) is 0 Å². The maximum Gasteiger partial charge on any atom is 0.433 e. The normalized spacial score (nSPS) is 19.3. The van der Waals surface area contributed by atoms with E-state index in [2.05, 4.69) is 10.1 Å². The minimum Gasteiger partial charge on any atom is -0.347 e. The Bertz CT molecular complexity index is 1570. The summed E-state index contributed by atoms with van der Waals surface area (Å²) in [6.45, 7) is 3.55. The van der Waals surface area contributed by atoms with Crippen LogP contribution in [0.25, 0.3) is 0 Å². The van der Waals surface area contributed by atoms with E-state index in [0.29, 0.717) is 33.8 Å². The highest BCUT2D eigenvalue weighted by Gasteiger charge is 2.44. The Morgan fingerprint density at radius 3 is 2.43 bits per heavy atom. The van der Waals surface area contributed by atoms with Crippen molar-refractivity contribution < 1.29 is 27.6 Å². The van der Waals surface area contributed by atoms with Gasteiger partial charge in [-0.25, -0.2) is 4.68 Å². The van der Waals surface area contributed by atoms with Crippen molar-refractivity contribution in [2.45, 2.75) is 51.1 Å². The molecule has 42 heavy (non-hydrogen) atoms. The van der Waals surface area contributed by atoms with E-state index in [-0.39, 0.29) is 41.7 Å². The summed E-state index contributed by atoms with van der Waals surface area (Å²) >= 11 is 12.2. The van der Waals surface area contributed by atoms with Crippen molar-refractivity contribution >= 4 is 40.9 Å². The minimum absolute atomic E-state index is 0.0485. The zero-order valence-corrected chi connectivity index (χ0v) is 24.6. The summed E-state index contributed by atoms with van der Waals surface area (Å²) in [4.78, 5) is 48.9. The van der Waals surface area contributed by atoms with Crippen LogP contribution in [0.15, 0.2) is 36.5 Å². The molecule has 0 bridgehead atoms. The molecular weight excluding hydrogens is 596 g/mol. The summed E-state index contributed by atoms with van der Waals surface area (Å²) in [6.07, 6.45) is -3.17. The number of carbonyl (C=O) groups is 3. The Labute approximate surface area is 249 Å². The molecule has 4 heterocycles. The first-order valence-electron chi connectivity index (χ1n) is 13.1. The van der Waals surface area contributed by atoms with Gasteiger partial charge in [0, 0.05) is 43.9 Å². The second-order valence-electron chi connectivity index (χ2n) is 10.7. The second kappa shape index (κ2) is 10.9. The van der Waals surface area contributed by atoms with Gasteiger partial charge >= 0.3 is 6.18 Å². The van der Waals surface area contributed by atoms with E-state index in [1.165, 1.54) is 32.7 Å². The number of aromatic nitrogens is 3. The van der Waals surface area contributed by atoms with Crippen LogP contribution in [-0.2, 0) is 23.9 Å². The Balaban J connectivity index is 1.53. The Morgan fingerprint density at radius 2 is 1.83 bits per heavy atom. The molecule has 1 aromatic carbocycles. The zero-order valence-electron chi connectivity index (χ0n) is 23.1. The third-order valence-electron chi connectivity index (χ3n) is 7.75. The summed E-state index contributed by atoms with van der Waals surface area (Å²) in [5, 5.41) is 5.23. The van der Waals surface area contributed by atoms with Gasteiger partial charge in [-0.1, -0.05) is 29.3 Å². The maximum atomic E-state index is 14.0. The summed E-state index contributed by atoms with van der Waals surface area (Å²) < 4.78 is 40.7. The first-order chi connectivity index (χ1) is 19.7. The lowest BCUT2D eigenvalue weighted by Gasteiger charge is -2.38. The van der Waals surface area contributed by atoms with Crippen LogP contribution in [0.2, 0.25) is 10.0 Å². The number of benzene rings is 1. The number of nitrogens with zero attached hydrogens (tertiary/aromatic N) is 6. The summed E-state index contributed by atoms with van der Waals surface area (Å²) in [6, 6.07) is 4.88. The average Bonchev–Trinajstić information content (AvgIpc) is 3.31. The smallest absolute Gasteiger partial charge is 0.347 e. The van der Waals surface area contributed by atoms with Crippen molar-refractivity contribution in [2.24, 2.45) is 0 Å². The lowest BCUT2D eigenvalue weighted by molar-refractivity contribution is -0.141. The molecule has 3 amide bonds. The van der Waals surface area contributed by atoms with E-state index in [9.17, 15) is 27.6 Å². The molecule has 3 atom stereocenters. The standard InChI is InChI=1S/C28H27Cl2F3N6O3/c1-14-9-21-18(12-37(14)25(40)16-5-7-19(29)20(30)10-16)24-27(42)38(13-22(39(24)35-21)26(41)36(3)4)15(2)17-6-8-23(34-11-17)28(31,32)33/h5-8,10-11,14-15,22H,9,12-13H2,1-4H3/t14-,15-,22+/m1/s1. The number of likely N-dealkylation sites (N-methyl/N-ethyl adjacent to an activating group) is 1. The number of rotatable bonds is 4. The van der Waals surface area contributed by atoms with Gasteiger partial charge < -0.3 is 14.7 Å². The van der Waals surface area contributed by atoms with Crippen molar-refractivity contribution in [3.8, 4) is 0 Å².